The van der Waals surface area contributed by atoms with Gasteiger partial charge >= 0.3 is 12.4 Å². The van der Waals surface area contributed by atoms with E-state index in [1.807, 2.05) is 54.5 Å². The lowest BCUT2D eigenvalue weighted by Gasteiger charge is -2.32. The molecule has 0 saturated heterocycles. The van der Waals surface area contributed by atoms with E-state index in [1.54, 1.807) is 24.5 Å². The van der Waals surface area contributed by atoms with E-state index < -0.39 is 24.5 Å². The first kappa shape index (κ1) is 35.4. The predicted molar refractivity (Wildman–Crippen MR) is 158 cm³/mol. The molecule has 3 aromatic heterocycles. The highest BCUT2D eigenvalue weighted by atomic mass is 19.4. The number of pyridine rings is 1. The van der Waals surface area contributed by atoms with Gasteiger partial charge in [-0.3, -0.25) is 13.9 Å². The van der Waals surface area contributed by atoms with E-state index >= 15 is 0 Å². The first-order valence-electron chi connectivity index (χ1n) is 14.9. The van der Waals surface area contributed by atoms with Gasteiger partial charge < -0.3 is 0 Å². The molecule has 236 valence electrons. The number of hydrogen-bond acceptors (Lipinski definition) is 3. The van der Waals surface area contributed by atoms with Crippen LogP contribution < -0.4 is 0 Å². The van der Waals surface area contributed by atoms with Crippen molar-refractivity contribution in [3.05, 3.63) is 47.4 Å². The molecular formula is C31H45F6N5. The summed E-state index contributed by atoms with van der Waals surface area (Å²) in [5.41, 5.74) is 0.769. The van der Waals surface area contributed by atoms with Crippen LogP contribution in [0.4, 0.5) is 26.3 Å². The Hall–Kier alpha value is -2.82. The Morgan fingerprint density at radius 2 is 1.76 bits per heavy atom. The molecule has 0 aliphatic heterocycles. The summed E-state index contributed by atoms with van der Waals surface area (Å²) < 4.78 is 84.8. The molecule has 4 rings (SSSR count). The first-order chi connectivity index (χ1) is 19.8. The Morgan fingerprint density at radius 1 is 1.10 bits per heavy atom. The molecule has 1 unspecified atom stereocenters. The van der Waals surface area contributed by atoms with Crippen LogP contribution in [0.1, 0.15) is 92.0 Å². The lowest BCUT2D eigenvalue weighted by atomic mass is 9.85. The lowest BCUT2D eigenvalue weighted by Crippen LogP contribution is -2.35. The minimum atomic E-state index is -4.77. The topological polar surface area (TPSA) is 38.4 Å². The molecule has 0 aromatic carbocycles. The van der Waals surface area contributed by atoms with E-state index in [1.165, 1.54) is 19.4 Å². The number of hydrogen-bond donors (Lipinski definition) is 0. The molecular weight excluding hydrogens is 556 g/mol. The number of imidazole rings is 2. The molecule has 3 heterocycles. The number of halogens is 6. The van der Waals surface area contributed by atoms with Crippen molar-refractivity contribution in [1.29, 1.82) is 0 Å². The van der Waals surface area contributed by atoms with Crippen molar-refractivity contribution in [2.75, 3.05) is 13.1 Å². The Bertz CT molecular complexity index is 1310. The summed E-state index contributed by atoms with van der Waals surface area (Å²) in [4.78, 5) is 9.87. The van der Waals surface area contributed by atoms with E-state index in [0.29, 0.717) is 24.1 Å². The van der Waals surface area contributed by atoms with Gasteiger partial charge in [-0.25, -0.2) is 9.97 Å². The van der Waals surface area contributed by atoms with Crippen molar-refractivity contribution < 1.29 is 26.3 Å². The molecule has 0 bridgehead atoms. The third-order valence-electron chi connectivity index (χ3n) is 6.88. The van der Waals surface area contributed by atoms with Gasteiger partial charge in [0.05, 0.1) is 17.6 Å². The molecule has 0 spiro atoms. The average Bonchev–Trinajstić information content (AvgIpc) is 3.42. The highest BCUT2D eigenvalue weighted by molar-refractivity contribution is 5.80. The van der Waals surface area contributed by atoms with Crippen molar-refractivity contribution in [2.45, 2.75) is 99.5 Å². The maximum Gasteiger partial charge on any atom is 0.435 e. The van der Waals surface area contributed by atoms with Gasteiger partial charge in [-0.05, 0) is 57.1 Å². The summed E-state index contributed by atoms with van der Waals surface area (Å²) in [6, 6.07) is 3.28. The van der Waals surface area contributed by atoms with Gasteiger partial charge in [0, 0.05) is 32.0 Å². The molecule has 0 radical (unpaired) electrons. The Kier molecular flexibility index (Phi) is 13.1. The third-order valence-corrected chi connectivity index (χ3v) is 6.88. The summed E-state index contributed by atoms with van der Waals surface area (Å²) in [5.74, 6) is 0.457. The highest BCUT2D eigenvalue weighted by Gasteiger charge is 2.40. The maximum atomic E-state index is 14.2. The number of alkyl halides is 6. The number of nitrogens with zero attached hydrogens (tertiary/aromatic N) is 5. The van der Waals surface area contributed by atoms with E-state index in [0.717, 1.165) is 19.3 Å². The first-order valence-corrected chi connectivity index (χ1v) is 14.9. The molecule has 42 heavy (non-hydrogen) atoms. The van der Waals surface area contributed by atoms with Crippen LogP contribution in [0.2, 0.25) is 0 Å². The molecule has 1 aliphatic rings. The second-order valence-corrected chi connectivity index (χ2v) is 10.5. The number of rotatable bonds is 10. The number of allylic oxidation sites excluding steroid dienone is 3. The van der Waals surface area contributed by atoms with Crippen LogP contribution in [-0.4, -0.2) is 43.1 Å². The zero-order valence-corrected chi connectivity index (χ0v) is 25.8. The summed E-state index contributed by atoms with van der Waals surface area (Å²) in [5, 5.41) is 0. The molecule has 3 aromatic rings. The van der Waals surface area contributed by atoms with E-state index in [9.17, 15) is 26.3 Å². The van der Waals surface area contributed by atoms with E-state index in [4.69, 9.17) is 0 Å². The van der Waals surface area contributed by atoms with Gasteiger partial charge in [-0.2, -0.15) is 26.3 Å². The Morgan fingerprint density at radius 3 is 2.31 bits per heavy atom. The van der Waals surface area contributed by atoms with Gasteiger partial charge in [-0.15, -0.1) is 0 Å². The van der Waals surface area contributed by atoms with Gasteiger partial charge in [-0.1, -0.05) is 58.8 Å². The molecule has 5 nitrogen and oxygen atoms in total. The van der Waals surface area contributed by atoms with E-state index in [-0.39, 0.29) is 36.4 Å². The number of aromatic nitrogens is 4. The van der Waals surface area contributed by atoms with Crippen LogP contribution in [-0.2, 0) is 12.7 Å². The summed E-state index contributed by atoms with van der Waals surface area (Å²) in [6.45, 7) is 13.7. The zero-order valence-electron chi connectivity index (χ0n) is 25.8. The van der Waals surface area contributed by atoms with Crippen LogP contribution in [0.25, 0.3) is 23.1 Å². The van der Waals surface area contributed by atoms with E-state index in [2.05, 4.69) is 16.0 Å². The van der Waals surface area contributed by atoms with Gasteiger partial charge in [0.15, 0.2) is 11.3 Å². The second-order valence-electron chi connectivity index (χ2n) is 10.5. The Labute approximate surface area is 245 Å². The summed E-state index contributed by atoms with van der Waals surface area (Å²) >= 11 is 0. The predicted octanol–water partition coefficient (Wildman–Crippen LogP) is 9.77. The van der Waals surface area contributed by atoms with Crippen molar-refractivity contribution in [3.63, 3.8) is 0 Å². The minimum absolute atomic E-state index is 0.0338. The monoisotopic (exact) mass is 601 g/mol. The molecule has 0 amide bonds. The van der Waals surface area contributed by atoms with Crippen molar-refractivity contribution in [1.82, 2.24) is 23.8 Å². The SMILES string of the molecule is CC.CC.CC(C)=CC(C)C/C=C/n1c2ncccc2n2c(CN(CCC(F)(F)F)CC3CCC3)c(C(F)(F)F)nc12. The van der Waals surface area contributed by atoms with Gasteiger partial charge in [0.2, 0.25) is 5.78 Å². The van der Waals surface area contributed by atoms with Crippen molar-refractivity contribution >= 4 is 23.1 Å². The lowest BCUT2D eigenvalue weighted by molar-refractivity contribution is -0.143. The molecule has 1 saturated carbocycles. The molecule has 1 aliphatic carbocycles. The summed E-state index contributed by atoms with van der Waals surface area (Å²) in [7, 11) is 0. The Balaban J connectivity index is 0.00000148. The fourth-order valence-electron chi connectivity index (χ4n) is 5.00. The number of fused-ring (bicyclic) bond motifs is 3. The van der Waals surface area contributed by atoms with Crippen LogP contribution in [0, 0.1) is 11.8 Å². The fourth-order valence-corrected chi connectivity index (χ4v) is 5.00. The third kappa shape index (κ3) is 9.34. The normalized spacial score (nSPS) is 14.9. The van der Waals surface area contributed by atoms with Crippen LogP contribution >= 0.6 is 0 Å². The van der Waals surface area contributed by atoms with Gasteiger partial charge in [0.1, 0.15) is 0 Å². The average molecular weight is 602 g/mol. The highest BCUT2D eigenvalue weighted by Crippen LogP contribution is 2.36. The van der Waals surface area contributed by atoms with Crippen molar-refractivity contribution in [3.8, 4) is 0 Å². The van der Waals surface area contributed by atoms with Crippen molar-refractivity contribution in [2.24, 2.45) is 11.8 Å². The second kappa shape index (κ2) is 15.6. The minimum Gasteiger partial charge on any atom is -0.297 e. The quantitative estimate of drug-likeness (QED) is 0.172. The molecule has 11 heteroatoms. The smallest absolute Gasteiger partial charge is 0.297 e. The van der Waals surface area contributed by atoms with Gasteiger partial charge in [0.25, 0.3) is 0 Å². The molecule has 1 atom stereocenters. The standard InChI is InChI=1S/C27H33F6N5.2C2H6/c1-18(2)15-19(3)7-6-13-37-24-21(10-5-12-34-24)38-22(23(27(31,32)33)35-25(37)38)17-36(14-11-26(28,29)30)16-20-8-4-9-20;2*1-2/h5-6,10,12-13,15,19-20H,4,7-9,11,14,16-17H2,1-3H3;2*1-2H3/b13-6+;;. The largest absolute Gasteiger partial charge is 0.435 e. The molecule has 1 fully saturated rings. The summed E-state index contributed by atoms with van der Waals surface area (Å²) in [6.07, 6.45) is 0.340. The zero-order chi connectivity index (χ0) is 31.7. The maximum absolute atomic E-state index is 14.2. The van der Waals surface area contributed by atoms with Crippen LogP contribution in [0.3, 0.4) is 0 Å². The molecule has 0 N–H and O–H groups in total. The van der Waals surface area contributed by atoms with Crippen LogP contribution in [0.15, 0.2) is 36.1 Å². The van der Waals surface area contributed by atoms with Crippen LogP contribution in [0.5, 0.6) is 0 Å². The fraction of sp³-hybridized carbons (Fsp3) is 0.613.